The number of nitrogens with zero attached hydrogens (tertiary/aromatic N) is 1. The van der Waals surface area contributed by atoms with Crippen molar-refractivity contribution >= 4 is 11.6 Å². The molecule has 0 aliphatic rings. The minimum absolute atomic E-state index is 0.488. The number of hydrogen-bond donors (Lipinski definition) is 0. The molecule has 0 aliphatic carbocycles. The van der Waals surface area contributed by atoms with Gasteiger partial charge < -0.3 is 4.74 Å². The summed E-state index contributed by atoms with van der Waals surface area (Å²) in [7, 11) is 0. The van der Waals surface area contributed by atoms with Crippen molar-refractivity contribution < 1.29 is 4.74 Å². The highest BCUT2D eigenvalue weighted by Gasteiger charge is 2.04. The number of rotatable bonds is 4. The smallest absolute Gasteiger partial charge is 0.120 e. The highest BCUT2D eigenvalue weighted by molar-refractivity contribution is 6.31. The van der Waals surface area contributed by atoms with Gasteiger partial charge in [0.2, 0.25) is 0 Å². The molecule has 102 valence electrons. The van der Waals surface area contributed by atoms with Crippen molar-refractivity contribution in [2.75, 3.05) is 0 Å². The average molecular weight is 286 g/mol. The molecule has 0 bridgehead atoms. The number of hydrogen-bond acceptors (Lipinski definition) is 2. The quantitative estimate of drug-likeness (QED) is 0.818. The second-order valence-electron chi connectivity index (χ2n) is 4.65. The van der Waals surface area contributed by atoms with Crippen molar-refractivity contribution in [3.8, 4) is 11.8 Å². The van der Waals surface area contributed by atoms with E-state index >= 15 is 0 Å². The van der Waals surface area contributed by atoms with Crippen LogP contribution in [0.25, 0.3) is 0 Å². The van der Waals surface area contributed by atoms with E-state index in [9.17, 15) is 0 Å². The third kappa shape index (κ3) is 3.31. The van der Waals surface area contributed by atoms with Gasteiger partial charge in [-0.25, -0.2) is 0 Å². The van der Waals surface area contributed by atoms with Crippen molar-refractivity contribution in [3.63, 3.8) is 0 Å². The Morgan fingerprint density at radius 2 is 1.95 bits per heavy atom. The number of benzene rings is 2. The lowest BCUT2D eigenvalue weighted by Gasteiger charge is -2.10. The topological polar surface area (TPSA) is 33.0 Å². The maximum atomic E-state index is 8.85. The second kappa shape index (κ2) is 6.45. The van der Waals surface area contributed by atoms with Crippen LogP contribution in [0.5, 0.6) is 5.75 Å². The zero-order valence-electron chi connectivity index (χ0n) is 11.6. The van der Waals surface area contributed by atoms with Crippen LogP contribution in [-0.2, 0) is 13.0 Å². The standard InChI is InChI=1S/C17H16ClNO/c1-3-14-9-16(6-7-17(14)18)20-11-15-5-4-13(10-19)8-12(15)2/h4-9H,3,11H2,1-2H3. The Morgan fingerprint density at radius 1 is 1.15 bits per heavy atom. The minimum Gasteiger partial charge on any atom is -0.489 e. The molecule has 0 fully saturated rings. The molecule has 0 aliphatic heterocycles. The lowest BCUT2D eigenvalue weighted by molar-refractivity contribution is 0.305. The van der Waals surface area contributed by atoms with E-state index in [1.54, 1.807) is 0 Å². The number of ether oxygens (including phenoxy) is 1. The van der Waals surface area contributed by atoms with Crippen molar-refractivity contribution in [3.05, 3.63) is 63.7 Å². The van der Waals surface area contributed by atoms with Crippen molar-refractivity contribution in [2.24, 2.45) is 0 Å². The van der Waals surface area contributed by atoms with Crippen LogP contribution in [0.15, 0.2) is 36.4 Å². The zero-order valence-corrected chi connectivity index (χ0v) is 12.4. The van der Waals surface area contributed by atoms with Crippen molar-refractivity contribution in [1.29, 1.82) is 5.26 Å². The first-order chi connectivity index (χ1) is 9.63. The summed E-state index contributed by atoms with van der Waals surface area (Å²) in [6, 6.07) is 13.5. The molecule has 0 unspecified atom stereocenters. The van der Waals surface area contributed by atoms with Gasteiger partial charge in [-0.2, -0.15) is 5.26 Å². The maximum Gasteiger partial charge on any atom is 0.120 e. The molecular weight excluding hydrogens is 270 g/mol. The van der Waals surface area contributed by atoms with Gasteiger partial charge in [0.05, 0.1) is 11.6 Å². The molecule has 20 heavy (non-hydrogen) atoms. The Bertz CT molecular complexity index is 659. The predicted octanol–water partition coefficient (Wildman–Crippen LogP) is 4.66. The molecule has 2 rings (SSSR count). The van der Waals surface area contributed by atoms with Crippen LogP contribution in [0.3, 0.4) is 0 Å². The average Bonchev–Trinajstić information content (AvgIpc) is 2.47. The number of aryl methyl sites for hydroxylation is 2. The fourth-order valence-electron chi connectivity index (χ4n) is 2.00. The highest BCUT2D eigenvalue weighted by atomic mass is 35.5. The zero-order chi connectivity index (χ0) is 14.5. The van der Waals surface area contributed by atoms with Crippen LogP contribution in [0.2, 0.25) is 5.02 Å². The summed E-state index contributed by atoms with van der Waals surface area (Å²) in [6.45, 7) is 4.54. The van der Waals surface area contributed by atoms with Crippen LogP contribution in [-0.4, -0.2) is 0 Å². The first-order valence-electron chi connectivity index (χ1n) is 6.55. The molecule has 0 radical (unpaired) electrons. The first kappa shape index (κ1) is 14.4. The molecule has 0 saturated carbocycles. The van der Waals surface area contributed by atoms with E-state index in [0.717, 1.165) is 33.9 Å². The molecule has 0 aromatic heterocycles. The van der Waals surface area contributed by atoms with Gasteiger partial charge in [0.1, 0.15) is 12.4 Å². The third-order valence-corrected chi connectivity index (χ3v) is 3.63. The summed E-state index contributed by atoms with van der Waals surface area (Å²) < 4.78 is 5.80. The van der Waals surface area contributed by atoms with Crippen LogP contribution >= 0.6 is 11.6 Å². The summed E-state index contributed by atoms with van der Waals surface area (Å²) in [4.78, 5) is 0. The van der Waals surface area contributed by atoms with Gasteiger partial charge in [0, 0.05) is 5.02 Å². The molecule has 0 amide bonds. The summed E-state index contributed by atoms with van der Waals surface area (Å²) in [5.41, 5.74) is 3.90. The van der Waals surface area contributed by atoms with Crippen molar-refractivity contribution in [1.82, 2.24) is 0 Å². The minimum atomic E-state index is 0.488. The van der Waals surface area contributed by atoms with Gasteiger partial charge in [-0.3, -0.25) is 0 Å². The summed E-state index contributed by atoms with van der Waals surface area (Å²) in [5.74, 6) is 0.815. The Kier molecular flexibility index (Phi) is 4.65. The van der Waals surface area contributed by atoms with E-state index in [1.807, 2.05) is 43.3 Å². The van der Waals surface area contributed by atoms with Crippen LogP contribution in [0.1, 0.15) is 29.2 Å². The van der Waals surface area contributed by atoms with E-state index in [0.29, 0.717) is 12.2 Å². The first-order valence-corrected chi connectivity index (χ1v) is 6.92. The number of halogens is 1. The summed E-state index contributed by atoms with van der Waals surface area (Å²) in [5, 5.41) is 9.62. The van der Waals surface area contributed by atoms with Gasteiger partial charge in [-0.15, -0.1) is 0 Å². The molecule has 2 aromatic rings. The third-order valence-electron chi connectivity index (χ3n) is 3.26. The Labute approximate surface area is 124 Å². The Morgan fingerprint density at radius 3 is 2.60 bits per heavy atom. The largest absolute Gasteiger partial charge is 0.489 e. The molecule has 0 heterocycles. The highest BCUT2D eigenvalue weighted by Crippen LogP contribution is 2.23. The SMILES string of the molecule is CCc1cc(OCc2ccc(C#N)cc2C)ccc1Cl. The molecule has 3 heteroatoms. The van der Waals surface area contributed by atoms with E-state index in [4.69, 9.17) is 21.6 Å². The lowest BCUT2D eigenvalue weighted by atomic mass is 10.1. The Balaban J connectivity index is 2.11. The molecule has 0 saturated heterocycles. The molecule has 0 spiro atoms. The lowest BCUT2D eigenvalue weighted by Crippen LogP contribution is -1.99. The van der Waals surface area contributed by atoms with Crippen LogP contribution in [0, 0.1) is 18.3 Å². The van der Waals surface area contributed by atoms with E-state index < -0.39 is 0 Å². The molecule has 0 atom stereocenters. The van der Waals surface area contributed by atoms with Crippen LogP contribution in [0.4, 0.5) is 0 Å². The monoisotopic (exact) mass is 285 g/mol. The van der Waals surface area contributed by atoms with E-state index in [-0.39, 0.29) is 0 Å². The van der Waals surface area contributed by atoms with Gasteiger partial charge in [0.25, 0.3) is 0 Å². The van der Waals surface area contributed by atoms with E-state index in [2.05, 4.69) is 13.0 Å². The van der Waals surface area contributed by atoms with Crippen molar-refractivity contribution in [2.45, 2.75) is 26.9 Å². The maximum absolute atomic E-state index is 8.85. The predicted molar refractivity (Wildman–Crippen MR) is 81.1 cm³/mol. The summed E-state index contributed by atoms with van der Waals surface area (Å²) >= 11 is 6.09. The normalized spacial score (nSPS) is 10.1. The second-order valence-corrected chi connectivity index (χ2v) is 5.06. The number of nitriles is 1. The molecule has 2 aromatic carbocycles. The van der Waals surface area contributed by atoms with Gasteiger partial charge >= 0.3 is 0 Å². The summed E-state index contributed by atoms with van der Waals surface area (Å²) in [6.07, 6.45) is 0.881. The van der Waals surface area contributed by atoms with Gasteiger partial charge in [-0.1, -0.05) is 24.6 Å². The molecular formula is C17H16ClNO. The fraction of sp³-hybridized carbons (Fsp3) is 0.235. The van der Waals surface area contributed by atoms with Gasteiger partial charge in [0.15, 0.2) is 0 Å². The van der Waals surface area contributed by atoms with E-state index in [1.165, 1.54) is 0 Å². The van der Waals surface area contributed by atoms with Gasteiger partial charge in [-0.05, 0) is 60.4 Å². The molecule has 2 nitrogen and oxygen atoms in total. The Hall–Kier alpha value is -1.98. The van der Waals surface area contributed by atoms with Crippen LogP contribution < -0.4 is 4.74 Å². The fourth-order valence-corrected chi connectivity index (χ4v) is 2.25. The molecule has 0 N–H and O–H groups in total.